The van der Waals surface area contributed by atoms with Crippen molar-refractivity contribution in [2.45, 2.75) is 18.9 Å². The Bertz CT molecular complexity index is 548. The topological polar surface area (TPSA) is 68.0 Å². The van der Waals surface area contributed by atoms with E-state index in [0.29, 0.717) is 0 Å². The molecule has 4 nitrogen and oxygen atoms in total. The summed E-state index contributed by atoms with van der Waals surface area (Å²) < 4.78 is 0. The van der Waals surface area contributed by atoms with Crippen LogP contribution >= 0.6 is 12.4 Å². The summed E-state index contributed by atoms with van der Waals surface area (Å²) in [4.78, 5) is 16.4. The summed E-state index contributed by atoms with van der Waals surface area (Å²) in [6.07, 6.45) is 3.47. The molecule has 2 aromatic rings. The molecule has 21 heavy (non-hydrogen) atoms. The molecule has 1 heterocycles. The van der Waals surface area contributed by atoms with E-state index in [-0.39, 0.29) is 36.8 Å². The molecule has 0 aliphatic rings. The van der Waals surface area contributed by atoms with Gasteiger partial charge in [0.2, 0.25) is 5.91 Å². The molecule has 0 aliphatic carbocycles. The Hall–Kier alpha value is -1.91. The van der Waals surface area contributed by atoms with Crippen molar-refractivity contribution < 1.29 is 4.79 Å². The highest BCUT2D eigenvalue weighted by molar-refractivity contribution is 5.85. The fraction of sp³-hybridized carbons (Fsp3) is 0.250. The number of nitrogens with zero attached hydrogens (tertiary/aromatic N) is 1. The van der Waals surface area contributed by atoms with E-state index in [9.17, 15) is 4.79 Å². The molecule has 2 rings (SSSR count). The van der Waals surface area contributed by atoms with E-state index in [1.165, 1.54) is 0 Å². The molecular weight excluding hydrogens is 286 g/mol. The quantitative estimate of drug-likeness (QED) is 0.891. The molecule has 1 amide bonds. The number of nitrogens with two attached hydrogens (primary N) is 1. The number of carbonyl (C=O) groups is 1. The largest absolute Gasteiger partial charge is 0.349 e. The van der Waals surface area contributed by atoms with Crippen molar-refractivity contribution in [2.24, 2.45) is 5.73 Å². The molecule has 0 saturated carbocycles. The molecule has 5 heteroatoms. The molecule has 1 aromatic carbocycles. The number of amides is 1. The third-order valence-electron chi connectivity index (χ3n) is 3.30. The molecular formula is C16H20ClN3O. The molecule has 2 atom stereocenters. The summed E-state index contributed by atoms with van der Waals surface area (Å²) >= 11 is 0. The van der Waals surface area contributed by atoms with Crippen molar-refractivity contribution in [3.63, 3.8) is 0 Å². The Morgan fingerprint density at radius 3 is 2.43 bits per heavy atom. The van der Waals surface area contributed by atoms with Crippen LogP contribution in [0.4, 0.5) is 0 Å². The lowest BCUT2D eigenvalue weighted by atomic mass is 9.97. The van der Waals surface area contributed by atoms with Crippen molar-refractivity contribution in [3.05, 3.63) is 66.0 Å². The minimum Gasteiger partial charge on any atom is -0.349 e. The third kappa shape index (κ3) is 4.55. The van der Waals surface area contributed by atoms with Gasteiger partial charge < -0.3 is 11.1 Å². The van der Waals surface area contributed by atoms with E-state index in [1.54, 1.807) is 12.4 Å². The summed E-state index contributed by atoms with van der Waals surface area (Å²) in [7, 11) is 0. The average Bonchev–Trinajstić information content (AvgIpc) is 2.50. The van der Waals surface area contributed by atoms with Gasteiger partial charge in [-0.3, -0.25) is 9.78 Å². The average molecular weight is 306 g/mol. The van der Waals surface area contributed by atoms with Gasteiger partial charge in [-0.15, -0.1) is 12.4 Å². The summed E-state index contributed by atoms with van der Waals surface area (Å²) in [5.74, 6) is -0.384. The molecule has 1 aromatic heterocycles. The third-order valence-corrected chi connectivity index (χ3v) is 3.30. The van der Waals surface area contributed by atoms with Crippen LogP contribution in [0.3, 0.4) is 0 Å². The number of hydrogen-bond acceptors (Lipinski definition) is 3. The molecule has 0 fully saturated rings. The first-order valence-electron chi connectivity index (χ1n) is 6.67. The van der Waals surface area contributed by atoms with Crippen molar-refractivity contribution in [1.29, 1.82) is 0 Å². The monoisotopic (exact) mass is 305 g/mol. The normalized spacial score (nSPS) is 12.9. The van der Waals surface area contributed by atoms with Crippen molar-refractivity contribution >= 4 is 18.3 Å². The maximum Gasteiger partial charge on any atom is 0.229 e. The van der Waals surface area contributed by atoms with Gasteiger partial charge in [0.25, 0.3) is 0 Å². The maximum absolute atomic E-state index is 12.3. The van der Waals surface area contributed by atoms with Gasteiger partial charge in [-0.05, 0) is 24.1 Å². The predicted octanol–water partition coefficient (Wildman–Crippen LogP) is 2.42. The van der Waals surface area contributed by atoms with Gasteiger partial charge in [0, 0.05) is 18.9 Å². The Morgan fingerprint density at radius 1 is 1.19 bits per heavy atom. The van der Waals surface area contributed by atoms with Crippen LogP contribution in [0.5, 0.6) is 0 Å². The first kappa shape index (κ1) is 17.1. The number of hydrogen-bond donors (Lipinski definition) is 2. The lowest BCUT2D eigenvalue weighted by Gasteiger charge is -2.19. The maximum atomic E-state index is 12.3. The Balaban J connectivity index is 0.00000220. The summed E-state index contributed by atoms with van der Waals surface area (Å²) in [5, 5.41) is 2.99. The number of pyridine rings is 1. The van der Waals surface area contributed by atoms with Gasteiger partial charge in [0.05, 0.1) is 12.0 Å². The van der Waals surface area contributed by atoms with Crippen LogP contribution < -0.4 is 11.1 Å². The second-order valence-corrected chi connectivity index (χ2v) is 4.72. The summed E-state index contributed by atoms with van der Waals surface area (Å²) in [6, 6.07) is 13.3. The zero-order chi connectivity index (χ0) is 14.4. The highest BCUT2D eigenvalue weighted by Gasteiger charge is 2.20. The van der Waals surface area contributed by atoms with E-state index < -0.39 is 0 Å². The van der Waals surface area contributed by atoms with Crippen LogP contribution in [0.25, 0.3) is 0 Å². The number of carbonyl (C=O) groups excluding carboxylic acids is 1. The molecule has 0 spiro atoms. The van der Waals surface area contributed by atoms with Crippen LogP contribution in [0, 0.1) is 0 Å². The zero-order valence-corrected chi connectivity index (χ0v) is 12.7. The van der Waals surface area contributed by atoms with Crippen molar-refractivity contribution in [3.8, 4) is 0 Å². The Labute approximate surface area is 131 Å². The zero-order valence-electron chi connectivity index (χ0n) is 11.9. The van der Waals surface area contributed by atoms with Gasteiger partial charge in [-0.2, -0.15) is 0 Å². The van der Waals surface area contributed by atoms with Crippen LogP contribution in [0.2, 0.25) is 0 Å². The number of halogens is 1. The molecule has 3 N–H and O–H groups in total. The minimum atomic E-state index is -0.324. The second-order valence-electron chi connectivity index (χ2n) is 4.72. The number of rotatable bonds is 5. The van der Waals surface area contributed by atoms with Gasteiger partial charge in [0.15, 0.2) is 0 Å². The van der Waals surface area contributed by atoms with Gasteiger partial charge in [-0.1, -0.05) is 36.4 Å². The highest BCUT2D eigenvalue weighted by Crippen LogP contribution is 2.17. The number of aromatic nitrogens is 1. The molecule has 0 radical (unpaired) electrons. The van der Waals surface area contributed by atoms with Crippen LogP contribution in [0.15, 0.2) is 54.9 Å². The van der Waals surface area contributed by atoms with Crippen molar-refractivity contribution in [1.82, 2.24) is 10.3 Å². The standard InChI is InChI=1S/C16H19N3O.ClH/c1-12(14-8-5-9-18-11-14)19-16(20)15(10-17)13-6-3-2-4-7-13;/h2-9,11-12,15H,10,17H2,1H3,(H,19,20);1H. The second kappa shape index (κ2) is 8.39. The van der Waals surface area contributed by atoms with Crippen LogP contribution in [-0.4, -0.2) is 17.4 Å². The Kier molecular flexibility index (Phi) is 6.85. The number of benzene rings is 1. The van der Waals surface area contributed by atoms with E-state index >= 15 is 0 Å². The van der Waals surface area contributed by atoms with Crippen molar-refractivity contribution in [2.75, 3.05) is 6.54 Å². The first-order chi connectivity index (χ1) is 9.72. The molecule has 112 valence electrons. The van der Waals surface area contributed by atoms with Gasteiger partial charge in [0.1, 0.15) is 0 Å². The molecule has 2 unspecified atom stereocenters. The number of nitrogens with one attached hydrogen (secondary N) is 1. The van der Waals surface area contributed by atoms with Gasteiger partial charge >= 0.3 is 0 Å². The fourth-order valence-corrected chi connectivity index (χ4v) is 2.11. The van der Waals surface area contributed by atoms with Crippen LogP contribution in [-0.2, 0) is 4.79 Å². The first-order valence-corrected chi connectivity index (χ1v) is 6.67. The highest BCUT2D eigenvalue weighted by atomic mass is 35.5. The lowest BCUT2D eigenvalue weighted by molar-refractivity contribution is -0.123. The SMILES string of the molecule is CC(NC(=O)C(CN)c1ccccc1)c1cccnc1.Cl. The predicted molar refractivity (Wildman–Crippen MR) is 86.3 cm³/mol. The molecule has 0 aliphatic heterocycles. The smallest absolute Gasteiger partial charge is 0.229 e. The minimum absolute atomic E-state index is 0. The lowest BCUT2D eigenvalue weighted by Crippen LogP contribution is -2.35. The molecule has 0 bridgehead atoms. The van der Waals surface area contributed by atoms with E-state index in [0.717, 1.165) is 11.1 Å². The van der Waals surface area contributed by atoms with E-state index in [1.807, 2.05) is 49.4 Å². The van der Waals surface area contributed by atoms with Crippen LogP contribution in [0.1, 0.15) is 30.0 Å². The summed E-state index contributed by atoms with van der Waals surface area (Å²) in [6.45, 7) is 2.23. The van der Waals surface area contributed by atoms with E-state index in [2.05, 4.69) is 10.3 Å². The summed E-state index contributed by atoms with van der Waals surface area (Å²) in [5.41, 5.74) is 7.66. The van der Waals surface area contributed by atoms with E-state index in [4.69, 9.17) is 5.73 Å². The molecule has 0 saturated heterocycles. The van der Waals surface area contributed by atoms with Gasteiger partial charge in [-0.25, -0.2) is 0 Å². The Morgan fingerprint density at radius 2 is 1.86 bits per heavy atom. The fourth-order valence-electron chi connectivity index (χ4n) is 2.11.